The number of hydrazone groups is 1. The lowest BCUT2D eigenvalue weighted by molar-refractivity contribution is -0.116. The highest BCUT2D eigenvalue weighted by Gasteiger charge is 2.17. The highest BCUT2D eigenvalue weighted by Crippen LogP contribution is 2.09. The molecule has 0 aliphatic carbocycles. The number of hydrogen-bond acceptors (Lipinski definition) is 2. The van der Waals surface area contributed by atoms with Crippen LogP contribution in [0.3, 0.4) is 0 Å². The summed E-state index contributed by atoms with van der Waals surface area (Å²) in [5, 5.41) is 3.87. The normalized spacial score (nSPS) is 17.4. The summed E-state index contributed by atoms with van der Waals surface area (Å²) >= 11 is 0. The van der Waals surface area contributed by atoms with E-state index in [2.05, 4.69) is 22.7 Å². The monoisotopic (exact) mass is 214 g/mol. The molecule has 2 rings (SSSR count). The van der Waals surface area contributed by atoms with Gasteiger partial charge in [0.25, 0.3) is 5.91 Å². The highest BCUT2D eigenvalue weighted by atomic mass is 16.2. The predicted octanol–water partition coefficient (Wildman–Crippen LogP) is 2.05. The number of hydrogen-bond donors (Lipinski definition) is 1. The van der Waals surface area contributed by atoms with E-state index in [9.17, 15) is 4.79 Å². The summed E-state index contributed by atoms with van der Waals surface area (Å²) in [6.45, 7) is 1.84. The van der Waals surface area contributed by atoms with Crippen molar-refractivity contribution in [1.82, 2.24) is 5.43 Å². The molecule has 0 saturated heterocycles. The fourth-order valence-electron chi connectivity index (χ4n) is 1.69. The van der Waals surface area contributed by atoms with Crippen LogP contribution in [0.2, 0.25) is 0 Å². The van der Waals surface area contributed by atoms with Gasteiger partial charge in [-0.2, -0.15) is 5.10 Å². The number of aryl methyl sites for hydroxylation is 1. The average molecular weight is 214 g/mol. The van der Waals surface area contributed by atoms with Gasteiger partial charge in [0, 0.05) is 0 Å². The van der Waals surface area contributed by atoms with E-state index < -0.39 is 0 Å². The third-order valence-electron chi connectivity index (χ3n) is 2.58. The van der Waals surface area contributed by atoms with E-state index in [1.807, 2.05) is 31.2 Å². The van der Waals surface area contributed by atoms with Gasteiger partial charge in [-0.25, -0.2) is 5.43 Å². The molecule has 16 heavy (non-hydrogen) atoms. The van der Waals surface area contributed by atoms with Crippen LogP contribution in [0.1, 0.15) is 18.9 Å². The number of allylic oxidation sites excluding steroid dienone is 1. The lowest BCUT2D eigenvalue weighted by Crippen LogP contribution is -2.12. The molecule has 1 N–H and O–H groups in total. The van der Waals surface area contributed by atoms with Gasteiger partial charge in [0.05, 0.1) is 11.3 Å². The summed E-state index contributed by atoms with van der Waals surface area (Å²) in [5.74, 6) is -0.0921. The smallest absolute Gasteiger partial charge is 0.267 e. The summed E-state index contributed by atoms with van der Waals surface area (Å²) < 4.78 is 0. The van der Waals surface area contributed by atoms with E-state index >= 15 is 0 Å². The quantitative estimate of drug-likeness (QED) is 0.769. The Labute approximate surface area is 94.9 Å². The van der Waals surface area contributed by atoms with Crippen LogP contribution in [0.25, 0.3) is 0 Å². The van der Waals surface area contributed by atoms with Crippen LogP contribution in [-0.2, 0) is 11.2 Å². The number of amides is 1. The molecular formula is C13H14N2O. The van der Waals surface area contributed by atoms with Crippen LogP contribution in [0.15, 0.2) is 47.1 Å². The number of nitrogens with one attached hydrogen (secondary N) is 1. The maximum absolute atomic E-state index is 11.3. The number of rotatable bonds is 3. The number of carbonyl (C=O) groups excluding carboxylic acids is 1. The van der Waals surface area contributed by atoms with Crippen LogP contribution in [0, 0.1) is 0 Å². The minimum absolute atomic E-state index is 0.0921. The summed E-state index contributed by atoms with van der Waals surface area (Å²) in [7, 11) is 0. The predicted molar refractivity (Wildman–Crippen MR) is 64.1 cm³/mol. The number of benzene rings is 1. The molecule has 1 aliphatic rings. The first-order chi connectivity index (χ1) is 7.77. The molecule has 82 valence electrons. The van der Waals surface area contributed by atoms with E-state index in [0.29, 0.717) is 5.57 Å². The molecule has 0 radical (unpaired) electrons. The SMILES string of the molecule is CC1=NNC(=O)/C1=C/CCc1ccccc1. The van der Waals surface area contributed by atoms with Crippen molar-refractivity contribution in [3.05, 3.63) is 47.5 Å². The van der Waals surface area contributed by atoms with Crippen LogP contribution in [0.5, 0.6) is 0 Å². The second-order valence-electron chi connectivity index (χ2n) is 3.78. The molecule has 3 nitrogen and oxygen atoms in total. The van der Waals surface area contributed by atoms with Crippen LogP contribution in [0.4, 0.5) is 0 Å². The van der Waals surface area contributed by atoms with Gasteiger partial charge in [0.2, 0.25) is 0 Å². The Morgan fingerprint density at radius 2 is 2.06 bits per heavy atom. The minimum atomic E-state index is -0.0921. The molecule has 1 aliphatic heterocycles. The zero-order chi connectivity index (χ0) is 11.4. The summed E-state index contributed by atoms with van der Waals surface area (Å²) in [6.07, 6.45) is 3.76. The third kappa shape index (κ3) is 2.37. The second kappa shape index (κ2) is 4.75. The van der Waals surface area contributed by atoms with Crippen molar-refractivity contribution in [2.75, 3.05) is 0 Å². The van der Waals surface area contributed by atoms with Gasteiger partial charge in [-0.15, -0.1) is 0 Å². The molecule has 0 atom stereocenters. The Bertz CT molecular complexity index is 446. The summed E-state index contributed by atoms with van der Waals surface area (Å²) in [4.78, 5) is 11.3. The van der Waals surface area contributed by atoms with E-state index in [-0.39, 0.29) is 5.91 Å². The van der Waals surface area contributed by atoms with Crippen molar-refractivity contribution in [1.29, 1.82) is 0 Å². The van der Waals surface area contributed by atoms with Crippen LogP contribution in [-0.4, -0.2) is 11.6 Å². The second-order valence-corrected chi connectivity index (χ2v) is 3.78. The molecule has 0 bridgehead atoms. The third-order valence-corrected chi connectivity index (χ3v) is 2.58. The zero-order valence-electron chi connectivity index (χ0n) is 9.23. The Kier molecular flexibility index (Phi) is 3.15. The number of nitrogens with zero attached hydrogens (tertiary/aromatic N) is 1. The molecule has 1 aromatic rings. The Balaban J connectivity index is 1.95. The first-order valence-corrected chi connectivity index (χ1v) is 5.36. The molecule has 1 heterocycles. The minimum Gasteiger partial charge on any atom is -0.267 e. The summed E-state index contributed by atoms with van der Waals surface area (Å²) in [6, 6.07) is 10.2. The van der Waals surface area contributed by atoms with Crippen LogP contribution >= 0.6 is 0 Å². The van der Waals surface area contributed by atoms with E-state index in [1.54, 1.807) is 0 Å². The highest BCUT2D eigenvalue weighted by molar-refractivity contribution is 6.23. The Morgan fingerprint density at radius 3 is 2.69 bits per heavy atom. The van der Waals surface area contributed by atoms with Crippen molar-refractivity contribution < 1.29 is 4.79 Å². The Hall–Kier alpha value is -1.90. The van der Waals surface area contributed by atoms with Gasteiger partial charge in [-0.3, -0.25) is 4.79 Å². The van der Waals surface area contributed by atoms with Gasteiger partial charge >= 0.3 is 0 Å². The molecule has 1 aromatic carbocycles. The molecule has 0 fully saturated rings. The maximum atomic E-state index is 11.3. The van der Waals surface area contributed by atoms with Gasteiger partial charge in [-0.1, -0.05) is 36.4 Å². The van der Waals surface area contributed by atoms with Crippen molar-refractivity contribution >= 4 is 11.6 Å². The largest absolute Gasteiger partial charge is 0.272 e. The van der Waals surface area contributed by atoms with Crippen molar-refractivity contribution in [2.45, 2.75) is 19.8 Å². The van der Waals surface area contributed by atoms with Crippen LogP contribution < -0.4 is 5.43 Å². The molecule has 0 spiro atoms. The van der Waals surface area contributed by atoms with E-state index in [4.69, 9.17) is 0 Å². The van der Waals surface area contributed by atoms with E-state index in [0.717, 1.165) is 18.6 Å². The van der Waals surface area contributed by atoms with Gasteiger partial charge in [0.15, 0.2) is 0 Å². The molecular weight excluding hydrogens is 200 g/mol. The standard InChI is InChI=1S/C13H14N2O/c1-10-12(13(16)15-14-10)9-5-8-11-6-3-2-4-7-11/h2-4,6-7,9H,5,8H2,1H3,(H,15,16)/b12-9+. The molecule has 3 heteroatoms. The molecule has 0 saturated carbocycles. The fraction of sp³-hybridized carbons (Fsp3) is 0.231. The van der Waals surface area contributed by atoms with Crippen molar-refractivity contribution in [2.24, 2.45) is 5.10 Å². The number of carbonyl (C=O) groups is 1. The van der Waals surface area contributed by atoms with Crippen molar-refractivity contribution in [3.63, 3.8) is 0 Å². The summed E-state index contributed by atoms with van der Waals surface area (Å²) in [5.41, 5.74) is 5.21. The first-order valence-electron chi connectivity index (χ1n) is 5.36. The average Bonchev–Trinajstić information content (AvgIpc) is 2.62. The maximum Gasteiger partial charge on any atom is 0.272 e. The van der Waals surface area contributed by atoms with E-state index in [1.165, 1.54) is 5.56 Å². The first kappa shape index (κ1) is 10.6. The van der Waals surface area contributed by atoms with Gasteiger partial charge < -0.3 is 0 Å². The zero-order valence-corrected chi connectivity index (χ0v) is 9.23. The lowest BCUT2D eigenvalue weighted by atomic mass is 10.1. The van der Waals surface area contributed by atoms with Gasteiger partial charge in [-0.05, 0) is 25.3 Å². The van der Waals surface area contributed by atoms with Crippen molar-refractivity contribution in [3.8, 4) is 0 Å². The lowest BCUT2D eigenvalue weighted by Gasteiger charge is -1.98. The van der Waals surface area contributed by atoms with Gasteiger partial charge in [0.1, 0.15) is 0 Å². The molecule has 1 amide bonds. The molecule has 0 aromatic heterocycles. The molecule has 0 unspecified atom stereocenters. The topological polar surface area (TPSA) is 41.5 Å². The Morgan fingerprint density at radius 1 is 1.31 bits per heavy atom. The fourth-order valence-corrected chi connectivity index (χ4v) is 1.69.